The largest absolute Gasteiger partial charge is 0.377 e. The Balaban J connectivity index is 2.61. The van der Waals surface area contributed by atoms with Crippen molar-refractivity contribution in [2.24, 2.45) is 11.8 Å². The number of hydrogen-bond donors (Lipinski definition) is 1. The van der Waals surface area contributed by atoms with Crippen LogP contribution in [0.4, 0.5) is 0 Å². The van der Waals surface area contributed by atoms with Crippen molar-refractivity contribution < 1.29 is 4.74 Å². The van der Waals surface area contributed by atoms with Crippen LogP contribution in [0.15, 0.2) is 0 Å². The number of rotatable bonds is 6. The van der Waals surface area contributed by atoms with E-state index in [4.69, 9.17) is 4.74 Å². The summed E-state index contributed by atoms with van der Waals surface area (Å²) in [6, 6.07) is 0.516. The molecule has 1 atom stereocenters. The van der Waals surface area contributed by atoms with Crippen molar-refractivity contribution in [3.63, 3.8) is 0 Å². The molecule has 0 amide bonds. The molecule has 1 aliphatic rings. The number of hydrogen-bond acceptors (Lipinski definition) is 2. The lowest BCUT2D eigenvalue weighted by Gasteiger charge is -2.44. The van der Waals surface area contributed by atoms with Crippen LogP contribution in [0.2, 0.25) is 0 Å². The lowest BCUT2D eigenvalue weighted by Crippen LogP contribution is -2.52. The van der Waals surface area contributed by atoms with Gasteiger partial charge in [0.2, 0.25) is 0 Å². The van der Waals surface area contributed by atoms with E-state index in [9.17, 15) is 0 Å². The van der Waals surface area contributed by atoms with Crippen LogP contribution in [0.3, 0.4) is 0 Å². The zero-order valence-electron chi connectivity index (χ0n) is 12.4. The van der Waals surface area contributed by atoms with Crippen molar-refractivity contribution in [2.45, 2.75) is 70.9 Å². The molecule has 2 nitrogen and oxygen atoms in total. The second-order valence-corrected chi connectivity index (χ2v) is 6.26. The van der Waals surface area contributed by atoms with E-state index >= 15 is 0 Å². The first-order valence-corrected chi connectivity index (χ1v) is 7.26. The molecular formula is C15H31NO. The van der Waals surface area contributed by atoms with Crippen molar-refractivity contribution in [3.05, 3.63) is 0 Å². The fourth-order valence-electron chi connectivity index (χ4n) is 3.12. The standard InChI is InChI=1S/C15H31NO/c1-12(2)6-7-14(16-4)15(17-5)10-8-13(3)9-11-15/h12-14,16H,6-11H2,1-5H3. The maximum absolute atomic E-state index is 5.95. The van der Waals surface area contributed by atoms with Gasteiger partial charge in [-0.1, -0.05) is 20.8 Å². The van der Waals surface area contributed by atoms with Crippen LogP contribution >= 0.6 is 0 Å². The van der Waals surface area contributed by atoms with Crippen LogP contribution in [0.5, 0.6) is 0 Å². The highest BCUT2D eigenvalue weighted by atomic mass is 16.5. The van der Waals surface area contributed by atoms with Gasteiger partial charge in [-0.05, 0) is 57.4 Å². The van der Waals surface area contributed by atoms with Crippen molar-refractivity contribution in [2.75, 3.05) is 14.2 Å². The van der Waals surface area contributed by atoms with E-state index in [0.29, 0.717) is 6.04 Å². The molecule has 0 aromatic heterocycles. The minimum atomic E-state index is 0.0934. The molecule has 1 fully saturated rings. The van der Waals surface area contributed by atoms with Gasteiger partial charge in [-0.15, -0.1) is 0 Å². The molecule has 0 spiro atoms. The van der Waals surface area contributed by atoms with E-state index in [1.54, 1.807) is 0 Å². The van der Waals surface area contributed by atoms with E-state index in [2.05, 4.69) is 33.1 Å². The van der Waals surface area contributed by atoms with Gasteiger partial charge in [0.15, 0.2) is 0 Å². The lowest BCUT2D eigenvalue weighted by atomic mass is 9.74. The van der Waals surface area contributed by atoms with Crippen LogP contribution in [0, 0.1) is 11.8 Å². The number of nitrogens with one attached hydrogen (secondary N) is 1. The minimum Gasteiger partial charge on any atom is -0.377 e. The summed E-state index contributed by atoms with van der Waals surface area (Å²) in [5.41, 5.74) is 0.0934. The van der Waals surface area contributed by atoms with Gasteiger partial charge in [-0.3, -0.25) is 0 Å². The third-order valence-electron chi connectivity index (χ3n) is 4.54. The predicted molar refractivity (Wildman–Crippen MR) is 74.3 cm³/mol. The Morgan fingerprint density at radius 2 is 1.82 bits per heavy atom. The van der Waals surface area contributed by atoms with Crippen LogP contribution in [-0.2, 0) is 4.74 Å². The average Bonchev–Trinajstić information content (AvgIpc) is 2.32. The van der Waals surface area contributed by atoms with E-state index in [0.717, 1.165) is 11.8 Å². The molecule has 1 rings (SSSR count). The van der Waals surface area contributed by atoms with Gasteiger partial charge in [-0.25, -0.2) is 0 Å². The number of ether oxygens (including phenoxy) is 1. The van der Waals surface area contributed by atoms with Crippen LogP contribution in [-0.4, -0.2) is 25.8 Å². The highest BCUT2D eigenvalue weighted by Gasteiger charge is 2.40. The number of methoxy groups -OCH3 is 1. The van der Waals surface area contributed by atoms with E-state index in [1.165, 1.54) is 38.5 Å². The van der Waals surface area contributed by atoms with Gasteiger partial charge in [-0.2, -0.15) is 0 Å². The molecule has 0 saturated heterocycles. The third kappa shape index (κ3) is 3.96. The highest BCUT2D eigenvalue weighted by Crippen LogP contribution is 2.38. The Morgan fingerprint density at radius 3 is 2.24 bits per heavy atom. The fraction of sp³-hybridized carbons (Fsp3) is 1.00. The smallest absolute Gasteiger partial charge is 0.0831 e. The van der Waals surface area contributed by atoms with Gasteiger partial charge in [0.25, 0.3) is 0 Å². The van der Waals surface area contributed by atoms with Crippen molar-refractivity contribution in [3.8, 4) is 0 Å². The summed E-state index contributed by atoms with van der Waals surface area (Å²) in [4.78, 5) is 0. The fourth-order valence-corrected chi connectivity index (χ4v) is 3.12. The second-order valence-electron chi connectivity index (χ2n) is 6.26. The Bertz CT molecular complexity index is 207. The molecule has 0 heterocycles. The quantitative estimate of drug-likeness (QED) is 0.767. The summed E-state index contributed by atoms with van der Waals surface area (Å²) in [6.45, 7) is 6.96. The molecule has 0 radical (unpaired) electrons. The monoisotopic (exact) mass is 241 g/mol. The first-order valence-electron chi connectivity index (χ1n) is 7.26. The molecule has 102 valence electrons. The van der Waals surface area contributed by atoms with Crippen molar-refractivity contribution in [1.29, 1.82) is 0 Å². The van der Waals surface area contributed by atoms with Gasteiger partial charge < -0.3 is 10.1 Å². The minimum absolute atomic E-state index is 0.0934. The van der Waals surface area contributed by atoms with Gasteiger partial charge in [0.1, 0.15) is 0 Å². The third-order valence-corrected chi connectivity index (χ3v) is 4.54. The Morgan fingerprint density at radius 1 is 1.24 bits per heavy atom. The van der Waals surface area contributed by atoms with E-state index in [1.807, 2.05) is 7.11 Å². The summed E-state index contributed by atoms with van der Waals surface area (Å²) < 4.78 is 5.95. The molecule has 17 heavy (non-hydrogen) atoms. The summed E-state index contributed by atoms with van der Waals surface area (Å²) in [7, 11) is 3.99. The molecule has 1 N–H and O–H groups in total. The normalized spacial score (nSPS) is 31.8. The molecular weight excluding hydrogens is 210 g/mol. The van der Waals surface area contributed by atoms with Crippen LogP contribution in [0.25, 0.3) is 0 Å². The molecule has 0 aromatic rings. The topological polar surface area (TPSA) is 21.3 Å². The lowest BCUT2D eigenvalue weighted by molar-refractivity contribution is -0.0757. The van der Waals surface area contributed by atoms with Gasteiger partial charge in [0, 0.05) is 13.2 Å². The predicted octanol–water partition coefficient (Wildman–Crippen LogP) is 3.61. The summed E-state index contributed by atoms with van der Waals surface area (Å²) in [6.07, 6.45) is 7.58. The van der Waals surface area contributed by atoms with E-state index < -0.39 is 0 Å². The van der Waals surface area contributed by atoms with Crippen LogP contribution < -0.4 is 5.32 Å². The van der Waals surface area contributed by atoms with E-state index in [-0.39, 0.29) is 5.60 Å². The van der Waals surface area contributed by atoms with Crippen molar-refractivity contribution in [1.82, 2.24) is 5.32 Å². The SMILES string of the molecule is CNC(CCC(C)C)C1(OC)CCC(C)CC1. The first-order chi connectivity index (χ1) is 8.04. The molecule has 0 bridgehead atoms. The van der Waals surface area contributed by atoms with Crippen LogP contribution in [0.1, 0.15) is 59.3 Å². The summed E-state index contributed by atoms with van der Waals surface area (Å²) >= 11 is 0. The second kappa shape index (κ2) is 6.75. The van der Waals surface area contributed by atoms with Gasteiger partial charge in [0.05, 0.1) is 5.60 Å². The molecule has 2 heteroatoms. The molecule has 0 aromatic carbocycles. The maximum atomic E-state index is 5.95. The Labute approximate surface area is 108 Å². The van der Waals surface area contributed by atoms with Gasteiger partial charge >= 0.3 is 0 Å². The Kier molecular flexibility index (Phi) is 5.94. The first kappa shape index (κ1) is 15.0. The van der Waals surface area contributed by atoms with Crippen molar-refractivity contribution >= 4 is 0 Å². The average molecular weight is 241 g/mol. The zero-order chi connectivity index (χ0) is 12.9. The summed E-state index contributed by atoms with van der Waals surface area (Å²) in [5, 5.41) is 3.51. The zero-order valence-corrected chi connectivity index (χ0v) is 12.4. The molecule has 0 aliphatic heterocycles. The maximum Gasteiger partial charge on any atom is 0.0831 e. The molecule has 1 saturated carbocycles. The molecule has 1 aliphatic carbocycles. The molecule has 1 unspecified atom stereocenters. The Hall–Kier alpha value is -0.0800. The highest BCUT2D eigenvalue weighted by molar-refractivity contribution is 4.95. The summed E-state index contributed by atoms with van der Waals surface area (Å²) in [5.74, 6) is 1.66. The number of likely N-dealkylation sites (N-methyl/N-ethyl adjacent to an activating group) is 1.